The zero-order valence-electron chi connectivity index (χ0n) is 9.70. The van der Waals surface area contributed by atoms with Crippen molar-refractivity contribution >= 4 is 5.97 Å². The lowest BCUT2D eigenvalue weighted by molar-refractivity contribution is -0.146. The van der Waals surface area contributed by atoms with Gasteiger partial charge in [-0.15, -0.1) is 5.10 Å². The molecule has 2 rings (SSSR count). The monoisotopic (exact) mass is 251 g/mol. The molecule has 0 atom stereocenters. The van der Waals surface area contributed by atoms with Gasteiger partial charge in [0.15, 0.2) is 5.54 Å². The minimum Gasteiger partial charge on any atom is -0.479 e. The Bertz CT molecular complexity index is 578. The summed E-state index contributed by atoms with van der Waals surface area (Å²) in [7, 11) is 0. The van der Waals surface area contributed by atoms with Crippen LogP contribution in [0.5, 0.6) is 0 Å². The van der Waals surface area contributed by atoms with Crippen LogP contribution < -0.4 is 0 Å². The van der Waals surface area contributed by atoms with Gasteiger partial charge in [0, 0.05) is 0 Å². The second kappa shape index (κ2) is 4.13. The Balaban J connectivity index is 2.52. The van der Waals surface area contributed by atoms with E-state index < -0.39 is 17.3 Å². The Labute approximate surface area is 101 Å². The van der Waals surface area contributed by atoms with Gasteiger partial charge in [0.2, 0.25) is 5.82 Å². The number of tetrazole rings is 1. The summed E-state index contributed by atoms with van der Waals surface area (Å²) in [5, 5.41) is 19.9. The van der Waals surface area contributed by atoms with Crippen molar-refractivity contribution in [3.63, 3.8) is 0 Å². The summed E-state index contributed by atoms with van der Waals surface area (Å²) in [6.07, 6.45) is 1.02. The van der Waals surface area contributed by atoms with Gasteiger partial charge >= 0.3 is 5.97 Å². The van der Waals surface area contributed by atoms with Crippen LogP contribution in [0.15, 0.2) is 18.3 Å². The Kier molecular flexibility index (Phi) is 2.77. The molecule has 18 heavy (non-hydrogen) atoms. The number of aliphatic carboxylic acids is 1. The summed E-state index contributed by atoms with van der Waals surface area (Å²) in [6, 6.07) is 2.59. The molecule has 1 N–H and O–H groups in total. The summed E-state index contributed by atoms with van der Waals surface area (Å²) in [5.41, 5.74) is -1.02. The molecule has 0 radical (unpaired) electrons. The first-order valence-electron chi connectivity index (χ1n) is 5.07. The van der Waals surface area contributed by atoms with Crippen LogP contribution in [0.1, 0.15) is 13.8 Å². The standard InChI is InChI=1S/C10H10FN5O2/c1-10(2,9(17)18)16-8(13-14-15-16)7-4-3-6(11)5-12-7/h3-5H,1-2H3,(H,17,18). The number of carbonyl (C=O) groups is 1. The molecule has 0 aromatic carbocycles. The van der Waals surface area contributed by atoms with E-state index in [2.05, 4.69) is 20.5 Å². The molecular formula is C10H10FN5O2. The van der Waals surface area contributed by atoms with Gasteiger partial charge in [0.25, 0.3) is 0 Å². The fourth-order valence-electron chi connectivity index (χ4n) is 1.32. The lowest BCUT2D eigenvalue weighted by Crippen LogP contribution is -2.37. The second-order valence-electron chi connectivity index (χ2n) is 4.14. The summed E-state index contributed by atoms with van der Waals surface area (Å²) >= 11 is 0. The quantitative estimate of drug-likeness (QED) is 0.862. The fourth-order valence-corrected chi connectivity index (χ4v) is 1.32. The Morgan fingerprint density at radius 3 is 2.72 bits per heavy atom. The zero-order chi connectivity index (χ0) is 13.3. The van der Waals surface area contributed by atoms with Crippen molar-refractivity contribution in [1.82, 2.24) is 25.2 Å². The maximum atomic E-state index is 12.8. The summed E-state index contributed by atoms with van der Waals surface area (Å²) in [5.74, 6) is -1.41. The molecule has 0 aliphatic rings. The van der Waals surface area contributed by atoms with Crippen LogP contribution in [0, 0.1) is 5.82 Å². The van der Waals surface area contributed by atoms with E-state index in [0.717, 1.165) is 10.9 Å². The average Bonchev–Trinajstić information content (AvgIpc) is 2.79. The largest absolute Gasteiger partial charge is 0.479 e. The van der Waals surface area contributed by atoms with E-state index in [1.54, 1.807) is 0 Å². The van der Waals surface area contributed by atoms with E-state index >= 15 is 0 Å². The first-order valence-corrected chi connectivity index (χ1v) is 5.07. The van der Waals surface area contributed by atoms with Gasteiger partial charge in [0.05, 0.1) is 6.20 Å². The van der Waals surface area contributed by atoms with Gasteiger partial charge in [-0.3, -0.25) is 0 Å². The average molecular weight is 251 g/mol. The van der Waals surface area contributed by atoms with Crippen molar-refractivity contribution in [3.05, 3.63) is 24.1 Å². The molecule has 94 valence electrons. The van der Waals surface area contributed by atoms with Crippen molar-refractivity contribution in [2.45, 2.75) is 19.4 Å². The maximum absolute atomic E-state index is 12.8. The highest BCUT2D eigenvalue weighted by molar-refractivity contribution is 5.76. The van der Waals surface area contributed by atoms with Crippen LogP contribution in [0.3, 0.4) is 0 Å². The first kappa shape index (κ1) is 12.1. The Hall–Kier alpha value is -2.38. The van der Waals surface area contributed by atoms with E-state index in [1.807, 2.05) is 0 Å². The SMILES string of the molecule is CC(C)(C(=O)O)n1nnnc1-c1ccc(F)cn1. The molecule has 7 nitrogen and oxygen atoms in total. The van der Waals surface area contributed by atoms with Gasteiger partial charge < -0.3 is 5.11 Å². The van der Waals surface area contributed by atoms with Crippen molar-refractivity contribution in [2.75, 3.05) is 0 Å². The molecule has 0 unspecified atom stereocenters. The van der Waals surface area contributed by atoms with Gasteiger partial charge in [-0.1, -0.05) is 0 Å². The third kappa shape index (κ3) is 1.92. The lowest BCUT2D eigenvalue weighted by atomic mass is 10.1. The third-order valence-electron chi connectivity index (χ3n) is 2.48. The van der Waals surface area contributed by atoms with Gasteiger partial charge in [-0.2, -0.15) is 0 Å². The molecule has 8 heteroatoms. The molecule has 0 saturated carbocycles. The smallest absolute Gasteiger partial charge is 0.331 e. The van der Waals surface area contributed by atoms with Gasteiger partial charge in [-0.25, -0.2) is 18.9 Å². The molecule has 0 spiro atoms. The van der Waals surface area contributed by atoms with E-state index in [1.165, 1.54) is 26.0 Å². The van der Waals surface area contributed by atoms with Gasteiger partial charge in [-0.05, 0) is 36.4 Å². The Morgan fingerprint density at radius 2 is 2.17 bits per heavy atom. The Morgan fingerprint density at radius 1 is 1.44 bits per heavy atom. The third-order valence-corrected chi connectivity index (χ3v) is 2.48. The summed E-state index contributed by atoms with van der Waals surface area (Å²) < 4.78 is 13.9. The summed E-state index contributed by atoms with van der Waals surface area (Å²) in [6.45, 7) is 2.91. The predicted molar refractivity (Wildman–Crippen MR) is 58.0 cm³/mol. The molecule has 0 fully saturated rings. The van der Waals surface area contributed by atoms with Crippen molar-refractivity contribution in [2.24, 2.45) is 0 Å². The van der Waals surface area contributed by atoms with Crippen LogP contribution in [0.2, 0.25) is 0 Å². The molecule has 0 bridgehead atoms. The maximum Gasteiger partial charge on any atom is 0.331 e. The van der Waals surface area contributed by atoms with E-state index in [-0.39, 0.29) is 5.82 Å². The number of carboxylic acid groups (broad SMARTS) is 1. The normalized spacial score (nSPS) is 11.5. The van der Waals surface area contributed by atoms with Gasteiger partial charge in [0.1, 0.15) is 11.5 Å². The van der Waals surface area contributed by atoms with Crippen molar-refractivity contribution in [1.29, 1.82) is 0 Å². The highest BCUT2D eigenvalue weighted by Crippen LogP contribution is 2.21. The van der Waals surface area contributed by atoms with E-state index in [0.29, 0.717) is 5.69 Å². The molecule has 0 saturated heterocycles. The second-order valence-corrected chi connectivity index (χ2v) is 4.14. The molecule has 2 aromatic heterocycles. The van der Waals surface area contributed by atoms with Crippen LogP contribution in [0.25, 0.3) is 11.5 Å². The highest BCUT2D eigenvalue weighted by Gasteiger charge is 2.34. The van der Waals surface area contributed by atoms with Crippen LogP contribution in [-0.2, 0) is 10.3 Å². The van der Waals surface area contributed by atoms with Crippen LogP contribution in [0.4, 0.5) is 4.39 Å². The number of rotatable bonds is 3. The summed E-state index contributed by atoms with van der Waals surface area (Å²) in [4.78, 5) is 15.0. The molecule has 0 aliphatic heterocycles. The lowest BCUT2D eigenvalue weighted by Gasteiger charge is -2.19. The van der Waals surface area contributed by atoms with E-state index in [4.69, 9.17) is 5.11 Å². The molecule has 2 heterocycles. The van der Waals surface area contributed by atoms with E-state index in [9.17, 15) is 9.18 Å². The number of pyridine rings is 1. The van der Waals surface area contributed by atoms with Crippen LogP contribution >= 0.6 is 0 Å². The first-order chi connectivity index (χ1) is 8.43. The highest BCUT2D eigenvalue weighted by atomic mass is 19.1. The number of aromatic nitrogens is 5. The van der Waals surface area contributed by atoms with Crippen molar-refractivity contribution < 1.29 is 14.3 Å². The minimum atomic E-state index is -1.32. The molecule has 0 amide bonds. The number of halogens is 1. The zero-order valence-corrected chi connectivity index (χ0v) is 9.70. The molecular weight excluding hydrogens is 241 g/mol. The molecule has 2 aromatic rings. The van der Waals surface area contributed by atoms with Crippen molar-refractivity contribution in [3.8, 4) is 11.5 Å². The topological polar surface area (TPSA) is 93.8 Å². The fraction of sp³-hybridized carbons (Fsp3) is 0.300. The number of hydrogen-bond donors (Lipinski definition) is 1. The number of carboxylic acids is 1. The predicted octanol–water partition coefficient (Wildman–Crippen LogP) is 0.694. The minimum absolute atomic E-state index is 0.169. The number of nitrogens with zero attached hydrogens (tertiary/aromatic N) is 5. The molecule has 0 aliphatic carbocycles. The van der Waals surface area contributed by atoms with Crippen LogP contribution in [-0.4, -0.2) is 36.3 Å². The number of hydrogen-bond acceptors (Lipinski definition) is 5.